The number of benzene rings is 1. The van der Waals surface area contributed by atoms with E-state index in [1.165, 1.54) is 6.33 Å². The molecule has 0 aliphatic carbocycles. The molecule has 10 heteroatoms. The first-order valence-corrected chi connectivity index (χ1v) is 11.9. The number of nitrogens with one attached hydrogen (secondary N) is 1. The van der Waals surface area contributed by atoms with Gasteiger partial charge in [0.2, 0.25) is 5.91 Å². The number of fused-ring (bicyclic) bond motifs is 1. The number of piperazine rings is 1. The molecule has 2 unspecified atom stereocenters. The van der Waals surface area contributed by atoms with Crippen molar-refractivity contribution in [3.8, 4) is 0 Å². The fourth-order valence-electron chi connectivity index (χ4n) is 4.43. The van der Waals surface area contributed by atoms with Crippen LogP contribution in [0.15, 0.2) is 30.6 Å². The number of hydrogen-bond donors (Lipinski definition) is 2. The largest absolute Gasteiger partial charge is 0.374 e. The van der Waals surface area contributed by atoms with Gasteiger partial charge >= 0.3 is 0 Å². The van der Waals surface area contributed by atoms with Crippen LogP contribution in [-0.4, -0.2) is 82.5 Å². The second-order valence-electron chi connectivity index (χ2n) is 9.33. The molecule has 2 aromatic rings. The van der Waals surface area contributed by atoms with E-state index >= 15 is 0 Å². The number of aliphatic hydroxyl groups is 1. The number of aromatic nitrogens is 2. The quantitative estimate of drug-likeness (QED) is 0.644. The van der Waals surface area contributed by atoms with Crippen molar-refractivity contribution in [1.82, 2.24) is 19.8 Å². The molecule has 2 aliphatic heterocycles. The van der Waals surface area contributed by atoms with Gasteiger partial charge in [-0.2, -0.15) is 0 Å². The van der Waals surface area contributed by atoms with Crippen molar-refractivity contribution in [2.75, 3.05) is 50.0 Å². The lowest BCUT2D eigenvalue weighted by molar-refractivity contribution is -0.155. The lowest BCUT2D eigenvalue weighted by Gasteiger charge is -2.41. The van der Waals surface area contributed by atoms with Crippen LogP contribution in [0.4, 0.5) is 11.6 Å². The molecule has 4 rings (SSSR count). The van der Waals surface area contributed by atoms with Crippen LogP contribution in [0.3, 0.4) is 0 Å². The van der Waals surface area contributed by atoms with Gasteiger partial charge in [0.25, 0.3) is 5.91 Å². The van der Waals surface area contributed by atoms with Crippen LogP contribution in [0.2, 0.25) is 5.02 Å². The zero-order chi connectivity index (χ0) is 24.6. The molecular weight excluding hydrogens is 456 g/mol. The van der Waals surface area contributed by atoms with Crippen LogP contribution in [0, 0.1) is 0 Å². The molecule has 0 saturated carbocycles. The molecule has 1 saturated heterocycles. The van der Waals surface area contributed by atoms with Gasteiger partial charge in [-0.25, -0.2) is 9.97 Å². The van der Waals surface area contributed by atoms with E-state index in [-0.39, 0.29) is 30.3 Å². The molecule has 1 aromatic heterocycles. The van der Waals surface area contributed by atoms with Crippen LogP contribution in [0.1, 0.15) is 37.8 Å². The van der Waals surface area contributed by atoms with E-state index in [2.05, 4.69) is 20.2 Å². The monoisotopic (exact) mass is 486 g/mol. The second-order valence-corrected chi connectivity index (χ2v) is 9.76. The molecular formula is C24H31ClN6O3. The van der Waals surface area contributed by atoms with Crippen molar-refractivity contribution in [1.29, 1.82) is 0 Å². The Bertz CT molecular complexity index is 1070. The molecule has 2 N–H and O–H groups in total. The maximum Gasteiger partial charge on any atom is 0.260 e. The second kappa shape index (κ2) is 9.48. The van der Waals surface area contributed by atoms with E-state index < -0.39 is 5.60 Å². The summed E-state index contributed by atoms with van der Waals surface area (Å²) in [4.78, 5) is 40.2. The standard InChI is InChI=1S/C24H31ClN6O3/c1-15(2)29(4)13-24(34,17-5-7-18(25)8-6-17)23(33)31-11-9-30(10-12-31)21-19-16(3)22(32)28-20(19)26-14-27-21/h5-8,14-16,34H,9-13H2,1-4H3,(H,26,27,28,32). The minimum absolute atomic E-state index is 0.0899. The maximum absolute atomic E-state index is 13.7. The van der Waals surface area contributed by atoms with Crippen LogP contribution >= 0.6 is 11.6 Å². The van der Waals surface area contributed by atoms with E-state index in [1.807, 2.05) is 32.7 Å². The lowest BCUT2D eigenvalue weighted by atomic mass is 9.90. The molecule has 0 radical (unpaired) electrons. The third-order valence-corrected chi connectivity index (χ3v) is 7.08. The Hall–Kier alpha value is -2.75. The highest BCUT2D eigenvalue weighted by Crippen LogP contribution is 2.37. The molecule has 182 valence electrons. The van der Waals surface area contributed by atoms with E-state index in [4.69, 9.17) is 11.6 Å². The van der Waals surface area contributed by atoms with Gasteiger partial charge in [0, 0.05) is 49.4 Å². The van der Waals surface area contributed by atoms with E-state index in [0.29, 0.717) is 42.6 Å². The summed E-state index contributed by atoms with van der Waals surface area (Å²) in [7, 11) is 1.89. The van der Waals surface area contributed by atoms with Gasteiger partial charge in [-0.05, 0) is 45.5 Å². The number of carbonyl (C=O) groups is 2. The van der Waals surface area contributed by atoms with Gasteiger partial charge in [-0.1, -0.05) is 23.7 Å². The molecule has 0 bridgehead atoms. The number of halogens is 1. The molecule has 2 aliphatic rings. The van der Waals surface area contributed by atoms with E-state index in [9.17, 15) is 14.7 Å². The number of nitrogens with zero attached hydrogens (tertiary/aromatic N) is 5. The molecule has 2 atom stereocenters. The summed E-state index contributed by atoms with van der Waals surface area (Å²) in [6.45, 7) is 7.96. The van der Waals surface area contributed by atoms with Crippen molar-refractivity contribution < 1.29 is 14.7 Å². The Labute approximate surface area is 204 Å². The van der Waals surface area contributed by atoms with Crippen molar-refractivity contribution in [2.24, 2.45) is 0 Å². The Balaban J connectivity index is 1.54. The summed E-state index contributed by atoms with van der Waals surface area (Å²) >= 11 is 6.05. The van der Waals surface area contributed by atoms with Crippen molar-refractivity contribution in [3.05, 3.63) is 46.7 Å². The first kappa shape index (κ1) is 24.4. The van der Waals surface area contributed by atoms with Gasteiger partial charge in [0.1, 0.15) is 18.0 Å². The number of hydrogen-bond acceptors (Lipinski definition) is 7. The molecule has 34 heavy (non-hydrogen) atoms. The molecule has 3 heterocycles. The van der Waals surface area contributed by atoms with E-state index in [1.54, 1.807) is 29.2 Å². The Kier molecular flexibility index (Phi) is 6.80. The summed E-state index contributed by atoms with van der Waals surface area (Å²) in [6, 6.07) is 6.95. The highest BCUT2D eigenvalue weighted by atomic mass is 35.5. The summed E-state index contributed by atoms with van der Waals surface area (Å²) < 4.78 is 0. The van der Waals surface area contributed by atoms with Crippen molar-refractivity contribution in [3.63, 3.8) is 0 Å². The average Bonchev–Trinajstić information content (AvgIpc) is 3.12. The summed E-state index contributed by atoms with van der Waals surface area (Å²) in [5.41, 5.74) is -0.389. The maximum atomic E-state index is 13.7. The average molecular weight is 487 g/mol. The summed E-state index contributed by atoms with van der Waals surface area (Å²) in [5, 5.41) is 15.1. The molecule has 9 nitrogen and oxygen atoms in total. The number of likely N-dealkylation sites (N-methyl/N-ethyl adjacent to an activating group) is 1. The smallest absolute Gasteiger partial charge is 0.260 e. The zero-order valence-electron chi connectivity index (χ0n) is 20.0. The molecule has 0 spiro atoms. The SMILES string of the molecule is CC1C(=O)Nc2ncnc(N3CCN(C(=O)C(O)(CN(C)C(C)C)c4ccc(Cl)cc4)CC3)c21. The minimum atomic E-state index is -1.70. The number of carbonyl (C=O) groups excluding carboxylic acids is 2. The summed E-state index contributed by atoms with van der Waals surface area (Å²) in [5.74, 6) is 0.519. The number of anilines is 2. The van der Waals surface area contributed by atoms with Crippen molar-refractivity contribution >= 4 is 35.1 Å². The number of rotatable bonds is 6. The fraction of sp³-hybridized carbons (Fsp3) is 0.500. The van der Waals surface area contributed by atoms with Crippen LogP contribution in [-0.2, 0) is 15.2 Å². The third kappa shape index (κ3) is 4.47. The van der Waals surface area contributed by atoms with Gasteiger partial charge in [-0.3, -0.25) is 9.59 Å². The van der Waals surface area contributed by atoms with Gasteiger partial charge in [0.05, 0.1) is 5.92 Å². The topological polar surface area (TPSA) is 102 Å². The van der Waals surface area contributed by atoms with Gasteiger partial charge < -0.3 is 25.1 Å². The fourth-order valence-corrected chi connectivity index (χ4v) is 4.55. The molecule has 2 amide bonds. The minimum Gasteiger partial charge on any atom is -0.374 e. The highest BCUT2D eigenvalue weighted by Gasteiger charge is 2.43. The Morgan fingerprint density at radius 2 is 1.88 bits per heavy atom. The van der Waals surface area contributed by atoms with Crippen LogP contribution < -0.4 is 10.2 Å². The predicted molar refractivity (Wildman–Crippen MR) is 131 cm³/mol. The third-order valence-electron chi connectivity index (χ3n) is 6.83. The lowest BCUT2D eigenvalue weighted by Crippen LogP contribution is -2.58. The zero-order valence-corrected chi connectivity index (χ0v) is 20.7. The van der Waals surface area contributed by atoms with Crippen molar-refractivity contribution in [2.45, 2.75) is 38.3 Å². The first-order valence-electron chi connectivity index (χ1n) is 11.5. The van der Waals surface area contributed by atoms with Gasteiger partial charge in [-0.15, -0.1) is 0 Å². The van der Waals surface area contributed by atoms with E-state index in [0.717, 1.165) is 11.4 Å². The molecule has 1 fully saturated rings. The Morgan fingerprint density at radius 1 is 1.24 bits per heavy atom. The van der Waals surface area contributed by atoms with Crippen LogP contribution in [0.25, 0.3) is 0 Å². The first-order chi connectivity index (χ1) is 16.1. The predicted octanol–water partition coefficient (Wildman–Crippen LogP) is 2.06. The van der Waals surface area contributed by atoms with Gasteiger partial charge in [0.15, 0.2) is 5.60 Å². The Morgan fingerprint density at radius 3 is 2.50 bits per heavy atom. The molecule has 1 aromatic carbocycles. The number of amides is 2. The summed E-state index contributed by atoms with van der Waals surface area (Å²) in [6.07, 6.45) is 1.45. The highest BCUT2D eigenvalue weighted by molar-refractivity contribution is 6.30. The normalized spacial score (nSPS) is 19.9. The van der Waals surface area contributed by atoms with Crippen LogP contribution in [0.5, 0.6) is 0 Å².